The fraction of sp³-hybridized carbons (Fsp3) is 0.818. The highest BCUT2D eigenvalue weighted by Crippen LogP contribution is 2.13. The van der Waals surface area contributed by atoms with Crippen molar-refractivity contribution in [1.82, 2.24) is 0 Å². The summed E-state index contributed by atoms with van der Waals surface area (Å²) in [5.41, 5.74) is 3.35. The molecule has 76 valence electrons. The Bertz CT molecular complexity index is 212. The third-order valence-electron chi connectivity index (χ3n) is 2.12. The monoisotopic (exact) mass is 200 g/mol. The van der Waals surface area contributed by atoms with Crippen molar-refractivity contribution < 1.29 is 5.11 Å². The molecule has 0 saturated heterocycles. The van der Waals surface area contributed by atoms with Gasteiger partial charge < -0.3 is 5.11 Å². The van der Waals surface area contributed by atoms with Crippen LogP contribution in [0.2, 0.25) is 19.6 Å². The largest absolute Gasteiger partial charge is 0.396 e. The average Bonchev–Trinajstić information content (AvgIpc) is 2.02. The van der Waals surface area contributed by atoms with Gasteiger partial charge >= 0.3 is 0 Å². The topological polar surface area (TPSA) is 20.2 Å². The van der Waals surface area contributed by atoms with Crippen LogP contribution in [0.5, 0.6) is 0 Å². The lowest BCUT2D eigenvalue weighted by Crippen LogP contribution is -2.17. The minimum atomic E-state index is -1.21. The zero-order valence-electron chi connectivity index (χ0n) is 10.5. The molecule has 0 spiro atoms. The molecule has 0 aliphatic rings. The Kier molecular flexibility index (Phi) is 4.55. The van der Waals surface area contributed by atoms with Crippen LogP contribution < -0.4 is 0 Å². The molecule has 0 radical (unpaired) electrons. The van der Waals surface area contributed by atoms with Gasteiger partial charge in [-0.3, -0.25) is 0 Å². The van der Waals surface area contributed by atoms with E-state index in [2.05, 4.69) is 50.1 Å². The Morgan fingerprint density at radius 2 is 1.92 bits per heavy atom. The third-order valence-corrected chi connectivity index (χ3v) is 3.05. The molecule has 1 N–H and O–H groups in total. The summed E-state index contributed by atoms with van der Waals surface area (Å²) >= 11 is 0. The summed E-state index contributed by atoms with van der Waals surface area (Å²) < 4.78 is 6.67. The Balaban J connectivity index is 3.93. The van der Waals surface area contributed by atoms with Gasteiger partial charge in [-0.15, -0.1) is 11.5 Å². The molecule has 2 heteroatoms. The van der Waals surface area contributed by atoms with Crippen molar-refractivity contribution in [2.45, 2.75) is 39.9 Å². The summed E-state index contributed by atoms with van der Waals surface area (Å²) in [5.74, 6) is 4.20. The van der Waals surface area contributed by atoms with Crippen molar-refractivity contribution in [3.8, 4) is 11.5 Å². The first-order valence-electron chi connectivity index (χ1n) is 5.36. The quantitative estimate of drug-likeness (QED) is 0.546. The molecule has 0 fully saturated rings. The molecule has 0 aliphatic heterocycles. The second kappa shape index (κ2) is 5.46. The van der Waals surface area contributed by atoms with Gasteiger partial charge in [-0.1, -0.05) is 33.5 Å². The summed E-state index contributed by atoms with van der Waals surface area (Å²) in [6, 6.07) is 0. The third kappa shape index (κ3) is 6.86. The van der Waals surface area contributed by atoms with Gasteiger partial charge in [0.1, 0.15) is 8.07 Å². The predicted molar refractivity (Wildman–Crippen MR) is 61.2 cm³/mol. The maximum absolute atomic E-state index is 6.67. The molecule has 2 atom stereocenters. The number of aliphatic hydroxyl groups excluding tert-OH is 1. The summed E-state index contributed by atoms with van der Waals surface area (Å²) in [4.78, 5) is 0. The zero-order valence-corrected chi connectivity index (χ0v) is 10.5. The highest BCUT2D eigenvalue weighted by Gasteiger charge is 2.10. The van der Waals surface area contributed by atoms with Crippen LogP contribution >= 0.6 is 0 Å². The summed E-state index contributed by atoms with van der Waals surface area (Å²) in [6.07, 6.45) is 0.925. The number of rotatable bonds is 4. The maximum Gasteiger partial charge on any atom is 0.210 e. The summed E-state index contributed by atoms with van der Waals surface area (Å²) in [6.45, 7) is 11.5. The summed E-state index contributed by atoms with van der Waals surface area (Å²) in [5, 5.41) is 4.38. The molecular weight excluding hydrogens is 176 g/mol. The van der Waals surface area contributed by atoms with E-state index in [1.807, 2.05) is 0 Å². The second-order valence-electron chi connectivity index (χ2n) is 4.88. The normalized spacial score (nSPS) is 16.8. The van der Waals surface area contributed by atoms with Crippen molar-refractivity contribution in [3.63, 3.8) is 0 Å². The Morgan fingerprint density at radius 3 is 2.38 bits per heavy atom. The van der Waals surface area contributed by atoms with Crippen LogP contribution in [-0.2, 0) is 0 Å². The van der Waals surface area contributed by atoms with Crippen LogP contribution in [0.25, 0.3) is 0 Å². The van der Waals surface area contributed by atoms with Gasteiger partial charge in [-0.25, -0.2) is 0 Å². The molecule has 0 aromatic heterocycles. The molecule has 1 nitrogen and oxygen atoms in total. The van der Waals surface area contributed by atoms with Gasteiger partial charge in [-0.2, -0.15) is 0 Å². The van der Waals surface area contributed by atoms with Crippen LogP contribution in [-0.4, -0.2) is 21.2 Å². The fourth-order valence-corrected chi connectivity index (χ4v) is 1.48. The molecule has 0 saturated carbocycles. The highest BCUT2D eigenvalue weighted by molar-refractivity contribution is 6.83. The smallest absolute Gasteiger partial charge is 0.210 e. The SMILES string of the molecule is [3H]OC[C@H](C)[C@@H](C)CC#C[Si](C)(C)C. The minimum absolute atomic E-state index is 0.420. The number of hydrogen-bond donors (Lipinski definition) is 1. The van der Waals surface area contributed by atoms with Gasteiger partial charge in [0.2, 0.25) is 1.43 Å². The molecule has 0 aromatic rings. The van der Waals surface area contributed by atoms with E-state index in [4.69, 9.17) is 1.43 Å². The lowest BCUT2D eigenvalue weighted by Gasteiger charge is -2.14. The molecular formula is C11H22OSi. The minimum Gasteiger partial charge on any atom is -0.396 e. The molecule has 0 bridgehead atoms. The first-order chi connectivity index (χ1) is 6.37. The van der Waals surface area contributed by atoms with Crippen LogP contribution in [0.1, 0.15) is 20.3 Å². The van der Waals surface area contributed by atoms with E-state index in [-0.39, 0.29) is 0 Å². The van der Waals surface area contributed by atoms with E-state index in [0.29, 0.717) is 18.4 Å². The van der Waals surface area contributed by atoms with Gasteiger partial charge in [0.05, 0.1) is 0 Å². The van der Waals surface area contributed by atoms with E-state index >= 15 is 0 Å². The second-order valence-corrected chi connectivity index (χ2v) is 9.63. The number of aliphatic hydroxyl groups is 1. The van der Waals surface area contributed by atoms with Crippen LogP contribution in [0.15, 0.2) is 0 Å². The van der Waals surface area contributed by atoms with Crippen molar-refractivity contribution in [1.29, 1.82) is 1.43 Å². The van der Waals surface area contributed by atoms with Crippen LogP contribution in [0.3, 0.4) is 0 Å². The van der Waals surface area contributed by atoms with Crippen molar-refractivity contribution in [3.05, 3.63) is 0 Å². The number of hydrogen-bond acceptors (Lipinski definition) is 1. The van der Waals surface area contributed by atoms with Gasteiger partial charge in [0, 0.05) is 13.0 Å². The van der Waals surface area contributed by atoms with Crippen molar-refractivity contribution >= 4 is 8.07 Å². The Labute approximate surface area is 85.1 Å². The van der Waals surface area contributed by atoms with E-state index in [9.17, 15) is 0 Å². The standard InChI is InChI=1S/C11H22OSi/c1-10(11(2)9-12)7-6-8-13(3,4)5/h10-12H,7,9H2,1-5H3/t10-,11-/m0/s1/i12T. The first kappa shape index (κ1) is 10.8. The zero-order chi connectivity index (χ0) is 11.2. The Hall–Kier alpha value is -0.263. The van der Waals surface area contributed by atoms with E-state index in [1.165, 1.54) is 0 Å². The lowest BCUT2D eigenvalue weighted by atomic mass is 9.94. The first-order valence-corrected chi connectivity index (χ1v) is 8.45. The molecule has 0 unspecified atom stereocenters. The van der Waals surface area contributed by atoms with Gasteiger partial charge in [-0.05, 0) is 11.8 Å². The summed E-state index contributed by atoms with van der Waals surface area (Å²) in [7, 11) is -1.21. The molecule has 13 heavy (non-hydrogen) atoms. The van der Waals surface area contributed by atoms with Crippen LogP contribution in [0, 0.1) is 23.3 Å². The molecule has 0 aliphatic carbocycles. The molecule has 0 amide bonds. The Morgan fingerprint density at radius 1 is 1.31 bits per heavy atom. The fourth-order valence-electron chi connectivity index (χ4n) is 0.843. The van der Waals surface area contributed by atoms with Gasteiger partial charge in [0.25, 0.3) is 0 Å². The molecule has 0 heterocycles. The van der Waals surface area contributed by atoms with E-state index in [1.54, 1.807) is 0 Å². The average molecular weight is 200 g/mol. The van der Waals surface area contributed by atoms with E-state index in [0.717, 1.165) is 6.42 Å². The molecule has 0 aromatic carbocycles. The maximum atomic E-state index is 6.67. The van der Waals surface area contributed by atoms with Crippen molar-refractivity contribution in [2.75, 3.05) is 6.61 Å². The lowest BCUT2D eigenvalue weighted by molar-refractivity contribution is 0.197. The van der Waals surface area contributed by atoms with Gasteiger partial charge in [0.15, 0.2) is 0 Å². The highest BCUT2D eigenvalue weighted by atomic mass is 28.3. The van der Waals surface area contributed by atoms with E-state index < -0.39 is 8.07 Å². The van der Waals surface area contributed by atoms with Crippen LogP contribution in [0.4, 0.5) is 0 Å². The molecule has 0 rings (SSSR count). The van der Waals surface area contributed by atoms with Crippen molar-refractivity contribution in [2.24, 2.45) is 11.8 Å². The predicted octanol–water partition coefficient (Wildman–Crippen LogP) is 2.52.